The van der Waals surface area contributed by atoms with Gasteiger partial charge in [0.25, 0.3) is 0 Å². The van der Waals surface area contributed by atoms with Gasteiger partial charge in [-0.3, -0.25) is 4.98 Å². The summed E-state index contributed by atoms with van der Waals surface area (Å²) in [5.74, 6) is 0.630. The Morgan fingerprint density at radius 2 is 2.00 bits per heavy atom. The zero-order valence-electron chi connectivity index (χ0n) is 17.6. The van der Waals surface area contributed by atoms with Gasteiger partial charge in [-0.1, -0.05) is 50.6 Å². The molecule has 2 rings (SSSR count). The van der Waals surface area contributed by atoms with Crippen LogP contribution in [0.1, 0.15) is 50.8 Å². The summed E-state index contributed by atoms with van der Waals surface area (Å²) in [5.41, 5.74) is 2.14. The lowest BCUT2D eigenvalue weighted by Crippen LogP contribution is -2.17. The molecular formula is C22H31FN2O3PS+. The molecule has 1 atom stereocenters. The number of halogens is 1. The highest BCUT2D eigenvalue weighted by Crippen LogP contribution is 2.30. The first kappa shape index (κ1) is 24.9. The van der Waals surface area contributed by atoms with Gasteiger partial charge in [-0.05, 0) is 48.6 Å². The van der Waals surface area contributed by atoms with Crippen LogP contribution in [0.4, 0.5) is 4.39 Å². The van der Waals surface area contributed by atoms with Crippen molar-refractivity contribution >= 4 is 20.0 Å². The molecule has 0 saturated heterocycles. The molecule has 164 valence electrons. The molecule has 1 unspecified atom stereocenters. The van der Waals surface area contributed by atoms with Crippen molar-refractivity contribution in [2.24, 2.45) is 0 Å². The summed E-state index contributed by atoms with van der Waals surface area (Å²) in [6.07, 6.45) is 5.43. The van der Waals surface area contributed by atoms with E-state index in [0.717, 1.165) is 25.0 Å². The second-order valence-corrected chi connectivity index (χ2v) is 9.63. The SMILES string of the molecule is CC(C)(CCCCSc1cnc(CNCCCO[P+](=O)O)cc1F)c1ccccc1. The van der Waals surface area contributed by atoms with Gasteiger partial charge < -0.3 is 5.32 Å². The topological polar surface area (TPSA) is 71.5 Å². The van der Waals surface area contributed by atoms with E-state index >= 15 is 0 Å². The lowest BCUT2D eigenvalue weighted by Gasteiger charge is -2.25. The van der Waals surface area contributed by atoms with Crippen LogP contribution in [0.25, 0.3) is 0 Å². The van der Waals surface area contributed by atoms with Crippen LogP contribution >= 0.6 is 20.0 Å². The van der Waals surface area contributed by atoms with Gasteiger partial charge in [0.05, 0.1) is 10.6 Å². The number of pyridine rings is 1. The largest absolute Gasteiger partial charge is 0.694 e. The molecule has 0 aliphatic heterocycles. The number of nitrogens with zero attached hydrogens (tertiary/aromatic N) is 1. The number of aromatic nitrogens is 1. The lowest BCUT2D eigenvalue weighted by molar-refractivity contribution is 0.276. The molecule has 5 nitrogen and oxygen atoms in total. The van der Waals surface area contributed by atoms with Gasteiger partial charge in [0.15, 0.2) is 0 Å². The Labute approximate surface area is 183 Å². The summed E-state index contributed by atoms with van der Waals surface area (Å²) in [6.45, 7) is 5.79. The van der Waals surface area contributed by atoms with Crippen molar-refractivity contribution < 1.29 is 18.4 Å². The van der Waals surface area contributed by atoms with Crippen molar-refractivity contribution in [1.29, 1.82) is 0 Å². The monoisotopic (exact) mass is 453 g/mol. The summed E-state index contributed by atoms with van der Waals surface area (Å²) in [4.78, 5) is 13.4. The summed E-state index contributed by atoms with van der Waals surface area (Å²) >= 11 is 1.51. The number of unbranched alkanes of at least 4 members (excludes halogenated alkanes) is 1. The van der Waals surface area contributed by atoms with Gasteiger partial charge >= 0.3 is 8.25 Å². The Bertz CT molecular complexity index is 793. The van der Waals surface area contributed by atoms with Crippen LogP contribution in [0, 0.1) is 5.82 Å². The van der Waals surface area contributed by atoms with Crippen LogP contribution in [0.15, 0.2) is 47.5 Å². The van der Waals surface area contributed by atoms with E-state index in [2.05, 4.69) is 52.9 Å². The highest BCUT2D eigenvalue weighted by molar-refractivity contribution is 7.99. The Morgan fingerprint density at radius 1 is 1.23 bits per heavy atom. The molecule has 0 aliphatic carbocycles. The van der Waals surface area contributed by atoms with Crippen molar-refractivity contribution in [1.82, 2.24) is 10.3 Å². The molecular weight excluding hydrogens is 422 g/mol. The molecule has 0 spiro atoms. The number of benzene rings is 1. The second-order valence-electron chi connectivity index (χ2n) is 7.76. The maximum absolute atomic E-state index is 14.3. The van der Waals surface area contributed by atoms with Crippen molar-refractivity contribution in [3.63, 3.8) is 0 Å². The fourth-order valence-corrected chi connectivity index (χ4v) is 4.28. The first-order chi connectivity index (χ1) is 14.4. The van der Waals surface area contributed by atoms with Crippen molar-refractivity contribution in [3.8, 4) is 0 Å². The van der Waals surface area contributed by atoms with E-state index in [4.69, 9.17) is 4.89 Å². The number of rotatable bonds is 14. The number of hydrogen-bond donors (Lipinski definition) is 2. The molecule has 0 radical (unpaired) electrons. The minimum atomic E-state index is -2.54. The molecule has 0 bridgehead atoms. The summed E-state index contributed by atoms with van der Waals surface area (Å²) in [6, 6.07) is 12.0. The van der Waals surface area contributed by atoms with E-state index in [1.54, 1.807) is 6.20 Å². The highest BCUT2D eigenvalue weighted by Gasteiger charge is 2.19. The third kappa shape index (κ3) is 9.19. The summed E-state index contributed by atoms with van der Waals surface area (Å²) < 4.78 is 29.3. The lowest BCUT2D eigenvalue weighted by atomic mass is 9.80. The van der Waals surface area contributed by atoms with Crippen LogP contribution < -0.4 is 5.32 Å². The van der Waals surface area contributed by atoms with Crippen LogP contribution in [0.5, 0.6) is 0 Å². The van der Waals surface area contributed by atoms with Crippen LogP contribution in [-0.2, 0) is 21.0 Å². The predicted octanol–water partition coefficient (Wildman–Crippen LogP) is 5.61. The van der Waals surface area contributed by atoms with E-state index in [9.17, 15) is 8.96 Å². The Morgan fingerprint density at radius 3 is 2.70 bits per heavy atom. The smallest absolute Gasteiger partial charge is 0.311 e. The second kappa shape index (κ2) is 13.1. The molecule has 30 heavy (non-hydrogen) atoms. The van der Waals surface area contributed by atoms with E-state index in [-0.39, 0.29) is 17.8 Å². The quantitative estimate of drug-likeness (QED) is 0.220. The molecule has 1 heterocycles. The Hall–Kier alpha value is -1.37. The first-order valence-corrected chi connectivity index (χ1v) is 12.3. The van der Waals surface area contributed by atoms with Gasteiger partial charge in [-0.25, -0.2) is 4.39 Å². The Balaban J connectivity index is 1.65. The van der Waals surface area contributed by atoms with Crippen LogP contribution in [-0.4, -0.2) is 28.8 Å². The molecule has 0 aliphatic rings. The fraction of sp³-hybridized carbons (Fsp3) is 0.500. The maximum Gasteiger partial charge on any atom is 0.694 e. The highest BCUT2D eigenvalue weighted by atomic mass is 32.2. The average Bonchev–Trinajstić information content (AvgIpc) is 2.72. The zero-order valence-corrected chi connectivity index (χ0v) is 19.4. The minimum Gasteiger partial charge on any atom is -0.311 e. The number of thioether (sulfide) groups is 1. The third-order valence-corrected chi connectivity index (χ3v) is 6.40. The van der Waals surface area contributed by atoms with E-state index in [1.807, 2.05) is 6.07 Å². The molecule has 0 saturated carbocycles. The molecule has 8 heteroatoms. The zero-order chi connectivity index (χ0) is 21.8. The first-order valence-electron chi connectivity index (χ1n) is 10.2. The van der Waals surface area contributed by atoms with Gasteiger partial charge in [0.1, 0.15) is 12.4 Å². The Kier molecular flexibility index (Phi) is 10.9. The molecule has 0 amide bonds. The standard InChI is InChI=1S/C22H30FN2O3PS/c1-22(2,18-9-4-3-5-10-18)11-6-7-14-30-21-17-25-19(15-20(21)23)16-24-12-8-13-28-29(26)27/h3-5,9-10,15,17,24H,6-8,11-14,16H2,1-2H3/p+1. The van der Waals surface area contributed by atoms with Crippen molar-refractivity contribution in [2.45, 2.75) is 56.4 Å². The molecule has 1 aromatic heterocycles. The van der Waals surface area contributed by atoms with Gasteiger partial charge in [-0.15, -0.1) is 21.2 Å². The minimum absolute atomic E-state index is 0.148. The number of hydrogen-bond acceptors (Lipinski definition) is 5. The van der Waals surface area contributed by atoms with Gasteiger partial charge in [0.2, 0.25) is 0 Å². The van der Waals surface area contributed by atoms with E-state index < -0.39 is 8.25 Å². The normalized spacial score (nSPS) is 12.2. The van der Waals surface area contributed by atoms with E-state index in [0.29, 0.717) is 30.1 Å². The molecule has 2 aromatic rings. The van der Waals surface area contributed by atoms with Crippen molar-refractivity contribution in [3.05, 3.63) is 59.7 Å². The molecule has 0 fully saturated rings. The predicted molar refractivity (Wildman–Crippen MR) is 120 cm³/mol. The summed E-state index contributed by atoms with van der Waals surface area (Å²) in [7, 11) is -2.54. The van der Waals surface area contributed by atoms with Crippen molar-refractivity contribution in [2.75, 3.05) is 18.9 Å². The third-order valence-electron chi connectivity index (χ3n) is 4.89. The fourth-order valence-electron chi connectivity index (χ4n) is 3.10. The average molecular weight is 454 g/mol. The van der Waals surface area contributed by atoms with Gasteiger partial charge in [-0.2, -0.15) is 0 Å². The van der Waals surface area contributed by atoms with Crippen LogP contribution in [0.3, 0.4) is 0 Å². The van der Waals surface area contributed by atoms with Gasteiger partial charge in [0, 0.05) is 17.3 Å². The molecule has 2 N–H and O–H groups in total. The number of nitrogens with one attached hydrogen (secondary N) is 1. The summed E-state index contributed by atoms with van der Waals surface area (Å²) in [5, 5.41) is 3.12. The van der Waals surface area contributed by atoms with E-state index in [1.165, 1.54) is 23.4 Å². The van der Waals surface area contributed by atoms with Crippen LogP contribution in [0.2, 0.25) is 0 Å². The maximum atomic E-state index is 14.3. The molecule has 1 aromatic carbocycles.